The first-order chi connectivity index (χ1) is 25.2. The number of nitrogens with zero attached hydrogens (tertiary/aromatic N) is 4. The number of hydrogen-bond acceptors (Lipinski definition) is 8. The van der Waals surface area contributed by atoms with Crippen molar-refractivity contribution in [1.82, 2.24) is 24.3 Å². The van der Waals surface area contributed by atoms with Crippen LogP contribution in [0.1, 0.15) is 29.8 Å². The molecule has 4 rings (SSSR count). The number of ether oxygens (including phenoxy) is 3. The van der Waals surface area contributed by atoms with Crippen molar-refractivity contribution in [2.45, 2.75) is 70.9 Å². The molecule has 0 radical (unpaired) electrons. The number of alkyl carbamates (subject to hydrolysis) is 1. The highest BCUT2D eigenvalue weighted by Gasteiger charge is 2.23. The van der Waals surface area contributed by atoms with Gasteiger partial charge in [-0.25, -0.2) is 18.6 Å². The number of ketones is 1. The van der Waals surface area contributed by atoms with Crippen LogP contribution in [0.4, 0.5) is 13.6 Å². The van der Waals surface area contributed by atoms with E-state index in [0.29, 0.717) is 35.6 Å². The van der Waals surface area contributed by atoms with Crippen LogP contribution in [-0.2, 0) is 45.4 Å². The van der Waals surface area contributed by atoms with Gasteiger partial charge in [-0.15, -0.1) is 0 Å². The molecular formula is C38H47F2N5O7Si. The molecule has 1 atom stereocenters. The molecular weight excluding hydrogens is 705 g/mol. The number of carbonyl (C=O) groups is 3. The van der Waals surface area contributed by atoms with E-state index in [4.69, 9.17) is 19.2 Å². The molecule has 12 nitrogen and oxygen atoms in total. The van der Waals surface area contributed by atoms with Gasteiger partial charge in [0.05, 0.1) is 25.2 Å². The van der Waals surface area contributed by atoms with Crippen molar-refractivity contribution in [3.63, 3.8) is 0 Å². The minimum absolute atomic E-state index is 0.0213. The van der Waals surface area contributed by atoms with Crippen LogP contribution >= 0.6 is 0 Å². The second-order valence-corrected chi connectivity index (χ2v) is 19.6. The zero-order valence-electron chi connectivity index (χ0n) is 31.0. The number of aromatic nitrogens is 3. The van der Waals surface area contributed by atoms with Gasteiger partial charge in [-0.2, -0.15) is 0 Å². The zero-order valence-corrected chi connectivity index (χ0v) is 32.0. The topological polar surface area (TPSA) is 134 Å². The van der Waals surface area contributed by atoms with Crippen LogP contribution in [0.2, 0.25) is 25.7 Å². The van der Waals surface area contributed by atoms with E-state index < -0.39 is 43.2 Å². The van der Waals surface area contributed by atoms with Gasteiger partial charge in [0, 0.05) is 58.6 Å². The molecule has 0 fully saturated rings. The summed E-state index contributed by atoms with van der Waals surface area (Å²) in [5.41, 5.74) is 1.11. The number of allylic oxidation sites excluding steroid dienone is 1. The van der Waals surface area contributed by atoms with E-state index >= 15 is 0 Å². The average molecular weight is 752 g/mol. The lowest BCUT2D eigenvalue weighted by Crippen LogP contribution is -2.42. The summed E-state index contributed by atoms with van der Waals surface area (Å²) in [6, 6.07) is 11.8. The fourth-order valence-corrected chi connectivity index (χ4v) is 6.06. The number of halogens is 2. The van der Waals surface area contributed by atoms with Gasteiger partial charge in [-0.05, 0) is 55.3 Å². The standard InChI is InChI=1S/C38H47F2N5O7Si/c1-43(2)35(47)15-8-7-12-30(41-38(49)50-3)32(46)21-26-11-10-18-44(37(26)48)23-34-42-36-31(45(34)25-51-19-20-53(4,5)6)13-9-14-33(36)52-24-27-16-17-28(39)22-29(27)40/h8-11,13-18,22,30H,7,12,19-21,23-25H2,1-6H3,(H,41,49)/b15-8+/t30-/m0/s1. The minimum atomic E-state index is -1.38. The van der Waals surface area contributed by atoms with Crippen LogP contribution in [0.3, 0.4) is 0 Å². The molecule has 0 unspecified atom stereocenters. The van der Waals surface area contributed by atoms with Crippen molar-refractivity contribution < 1.29 is 37.4 Å². The second-order valence-electron chi connectivity index (χ2n) is 14.0. The minimum Gasteiger partial charge on any atom is -0.486 e. The Kier molecular flexibility index (Phi) is 14.2. The number of nitrogens with one attached hydrogen (secondary N) is 1. The summed E-state index contributed by atoms with van der Waals surface area (Å²) in [7, 11) is 3.05. The van der Waals surface area contributed by atoms with Gasteiger partial charge in [0.15, 0.2) is 5.78 Å². The van der Waals surface area contributed by atoms with Gasteiger partial charge in [0.25, 0.3) is 5.56 Å². The predicted molar refractivity (Wildman–Crippen MR) is 199 cm³/mol. The van der Waals surface area contributed by atoms with E-state index in [1.165, 1.54) is 28.7 Å². The molecule has 0 spiro atoms. The smallest absolute Gasteiger partial charge is 0.407 e. The Bertz CT molecular complexity index is 2000. The quantitative estimate of drug-likeness (QED) is 0.0781. The summed E-state index contributed by atoms with van der Waals surface area (Å²) in [6.45, 7) is 7.31. The number of methoxy groups -OCH3 is 1. The maximum Gasteiger partial charge on any atom is 0.407 e. The Labute approximate surface area is 308 Å². The molecule has 2 amide bonds. The summed E-state index contributed by atoms with van der Waals surface area (Å²) in [5, 5.41) is 2.54. The molecule has 2 aromatic heterocycles. The zero-order chi connectivity index (χ0) is 38.7. The molecule has 0 bridgehead atoms. The summed E-state index contributed by atoms with van der Waals surface area (Å²) >= 11 is 0. The summed E-state index contributed by atoms with van der Waals surface area (Å²) in [4.78, 5) is 57.4. The molecule has 0 aliphatic heterocycles. The van der Waals surface area contributed by atoms with E-state index in [0.717, 1.165) is 18.2 Å². The summed E-state index contributed by atoms with van der Waals surface area (Å²) < 4.78 is 47.9. The SMILES string of the molecule is COC(=O)N[C@@H](CC/C=C/C(=O)N(C)C)C(=O)Cc1cccn(Cc2nc3c(OCc4ccc(F)cc4F)cccc3n2COCC[Si](C)(C)C)c1=O. The predicted octanol–water partition coefficient (Wildman–Crippen LogP) is 5.68. The molecule has 1 N–H and O–H groups in total. The fourth-order valence-electron chi connectivity index (χ4n) is 5.30. The monoisotopic (exact) mass is 751 g/mol. The van der Waals surface area contributed by atoms with E-state index in [9.17, 15) is 28.0 Å². The number of amides is 2. The molecule has 284 valence electrons. The number of pyridine rings is 1. The third-order valence-electron chi connectivity index (χ3n) is 8.40. The van der Waals surface area contributed by atoms with Crippen molar-refractivity contribution in [2.24, 2.45) is 0 Å². The molecule has 2 heterocycles. The van der Waals surface area contributed by atoms with Crippen LogP contribution in [-0.4, -0.2) is 78.7 Å². The molecule has 0 saturated carbocycles. The third kappa shape index (κ3) is 11.7. The summed E-state index contributed by atoms with van der Waals surface area (Å²) in [6.07, 6.45) is 4.06. The molecule has 2 aromatic carbocycles. The lowest BCUT2D eigenvalue weighted by atomic mass is 10.0. The molecule has 4 aromatic rings. The lowest BCUT2D eigenvalue weighted by molar-refractivity contribution is -0.123. The first-order valence-corrected chi connectivity index (χ1v) is 20.9. The number of rotatable bonds is 18. The van der Waals surface area contributed by atoms with Crippen LogP contribution in [0.15, 0.2) is 71.7 Å². The molecule has 53 heavy (non-hydrogen) atoms. The van der Waals surface area contributed by atoms with Gasteiger partial charge >= 0.3 is 6.09 Å². The number of benzene rings is 2. The first-order valence-electron chi connectivity index (χ1n) is 17.2. The van der Waals surface area contributed by atoms with Gasteiger partial charge < -0.3 is 33.6 Å². The molecule has 0 aliphatic carbocycles. The van der Waals surface area contributed by atoms with Crippen molar-refractivity contribution in [3.8, 4) is 5.75 Å². The Hall–Kier alpha value is -5.15. The van der Waals surface area contributed by atoms with E-state index in [-0.39, 0.29) is 49.8 Å². The largest absolute Gasteiger partial charge is 0.486 e. The van der Waals surface area contributed by atoms with Crippen molar-refractivity contribution >= 4 is 36.9 Å². The number of para-hydroxylation sites is 1. The second kappa shape index (κ2) is 18.6. The molecule has 15 heteroatoms. The molecule has 0 saturated heterocycles. The van der Waals surface area contributed by atoms with Crippen molar-refractivity contribution in [3.05, 3.63) is 106 Å². The van der Waals surface area contributed by atoms with E-state index in [2.05, 4.69) is 25.0 Å². The maximum atomic E-state index is 14.4. The van der Waals surface area contributed by atoms with E-state index in [1.807, 2.05) is 10.6 Å². The van der Waals surface area contributed by atoms with Crippen molar-refractivity contribution in [2.75, 3.05) is 27.8 Å². The van der Waals surface area contributed by atoms with Gasteiger partial charge in [-0.1, -0.05) is 37.8 Å². The average Bonchev–Trinajstić information content (AvgIpc) is 3.45. The number of imidazole rings is 1. The number of fused-ring (bicyclic) bond motifs is 1. The molecule has 0 aliphatic rings. The maximum absolute atomic E-state index is 14.4. The Morgan fingerprint density at radius 2 is 1.83 bits per heavy atom. The van der Waals surface area contributed by atoms with Gasteiger partial charge in [0.2, 0.25) is 5.91 Å². The number of Topliss-reactive ketones (excluding diaryl/α,β-unsaturated/α-hetero) is 1. The first kappa shape index (κ1) is 40.6. The van der Waals surface area contributed by atoms with Gasteiger partial charge in [-0.3, -0.25) is 14.4 Å². The fraction of sp³-hybridized carbons (Fsp3) is 0.395. The summed E-state index contributed by atoms with van der Waals surface area (Å²) in [5.74, 6) is -1.18. The Morgan fingerprint density at radius 3 is 2.53 bits per heavy atom. The third-order valence-corrected chi connectivity index (χ3v) is 10.1. The van der Waals surface area contributed by atoms with E-state index in [1.54, 1.807) is 50.6 Å². The highest BCUT2D eigenvalue weighted by atomic mass is 28.3. The Morgan fingerprint density at radius 1 is 1.06 bits per heavy atom. The normalized spacial score (nSPS) is 12.2. The lowest BCUT2D eigenvalue weighted by Gasteiger charge is -2.17. The Balaban J connectivity index is 1.60. The number of hydrogen-bond donors (Lipinski definition) is 1. The highest BCUT2D eigenvalue weighted by molar-refractivity contribution is 6.76. The van der Waals surface area contributed by atoms with Crippen LogP contribution in [0.25, 0.3) is 11.0 Å². The van der Waals surface area contributed by atoms with Crippen LogP contribution in [0, 0.1) is 11.6 Å². The van der Waals surface area contributed by atoms with Crippen LogP contribution < -0.4 is 15.6 Å². The van der Waals surface area contributed by atoms with Crippen LogP contribution in [0.5, 0.6) is 5.75 Å². The van der Waals surface area contributed by atoms with Crippen molar-refractivity contribution in [1.29, 1.82) is 0 Å². The highest BCUT2D eigenvalue weighted by Crippen LogP contribution is 2.28. The van der Waals surface area contributed by atoms with Gasteiger partial charge in [0.1, 0.15) is 42.1 Å². The number of carbonyl (C=O) groups excluding carboxylic acids is 3. The number of likely N-dealkylation sites (N-methyl/N-ethyl adjacent to an activating group) is 1.